The molecule has 2 heterocycles. The summed E-state index contributed by atoms with van der Waals surface area (Å²) < 4.78 is 1.04. The van der Waals surface area contributed by atoms with E-state index in [1.54, 1.807) is 0 Å². The van der Waals surface area contributed by atoms with Crippen LogP contribution in [0.1, 0.15) is 5.56 Å². The van der Waals surface area contributed by atoms with E-state index < -0.39 is 0 Å². The average molecular weight is 430 g/mol. The monoisotopic (exact) mass is 428 g/mol. The van der Waals surface area contributed by atoms with Crippen molar-refractivity contribution in [3.63, 3.8) is 0 Å². The van der Waals surface area contributed by atoms with Crippen LogP contribution in [0.15, 0.2) is 53.1 Å². The van der Waals surface area contributed by atoms with Crippen molar-refractivity contribution in [3.8, 4) is 11.3 Å². The molecule has 4 nitrogen and oxygen atoms in total. The quantitative estimate of drug-likeness (QED) is 0.397. The molecule has 0 saturated heterocycles. The summed E-state index contributed by atoms with van der Waals surface area (Å²) in [6.45, 7) is 2.11. The molecule has 132 valence electrons. The number of halogens is 2. The van der Waals surface area contributed by atoms with Crippen LogP contribution in [-0.2, 0) is 6.54 Å². The van der Waals surface area contributed by atoms with Gasteiger partial charge >= 0.3 is 0 Å². The highest BCUT2D eigenvalue weighted by Gasteiger charge is 2.12. The summed E-state index contributed by atoms with van der Waals surface area (Å²) in [6.07, 6.45) is 2.01. The number of nitrogens with two attached hydrogens (primary N) is 1. The van der Waals surface area contributed by atoms with Gasteiger partial charge in [0.05, 0.1) is 11.2 Å². The Balaban J connectivity index is 1.89. The molecule has 2 aromatic carbocycles. The SMILES string of the molecule is NCCNCc1cc(-c2c[nH]c3ccc(Br)cc23)nc2cc(Cl)ccc12. The summed E-state index contributed by atoms with van der Waals surface area (Å²) in [5.41, 5.74) is 10.8. The zero-order valence-electron chi connectivity index (χ0n) is 14.0. The predicted molar refractivity (Wildman–Crippen MR) is 113 cm³/mol. The first-order valence-corrected chi connectivity index (χ1v) is 9.60. The minimum absolute atomic E-state index is 0.609. The van der Waals surface area contributed by atoms with Gasteiger partial charge in [-0.15, -0.1) is 0 Å². The molecule has 0 aliphatic carbocycles. The van der Waals surface area contributed by atoms with Crippen LogP contribution < -0.4 is 11.1 Å². The number of fused-ring (bicyclic) bond motifs is 2. The van der Waals surface area contributed by atoms with E-state index in [0.29, 0.717) is 11.6 Å². The number of nitrogens with zero attached hydrogens (tertiary/aromatic N) is 1. The number of hydrogen-bond acceptors (Lipinski definition) is 3. The first kappa shape index (κ1) is 17.5. The third-order valence-electron chi connectivity index (χ3n) is 4.41. The summed E-state index contributed by atoms with van der Waals surface area (Å²) in [4.78, 5) is 8.20. The number of pyridine rings is 1. The molecule has 0 atom stereocenters. The van der Waals surface area contributed by atoms with E-state index in [1.807, 2.05) is 30.5 Å². The average Bonchev–Trinajstić information content (AvgIpc) is 3.04. The fourth-order valence-corrected chi connectivity index (χ4v) is 3.72. The van der Waals surface area contributed by atoms with Crippen molar-refractivity contribution < 1.29 is 0 Å². The second-order valence-electron chi connectivity index (χ2n) is 6.19. The van der Waals surface area contributed by atoms with Gasteiger partial charge in [-0.25, -0.2) is 4.98 Å². The molecule has 6 heteroatoms. The smallest absolute Gasteiger partial charge is 0.0734 e. The van der Waals surface area contributed by atoms with Crippen LogP contribution in [0.4, 0.5) is 0 Å². The van der Waals surface area contributed by atoms with Crippen molar-refractivity contribution in [2.24, 2.45) is 5.73 Å². The molecule has 0 spiro atoms. The van der Waals surface area contributed by atoms with Crippen molar-refractivity contribution in [1.29, 1.82) is 0 Å². The molecule has 2 aromatic heterocycles. The summed E-state index contributed by atoms with van der Waals surface area (Å²) in [5.74, 6) is 0. The minimum Gasteiger partial charge on any atom is -0.360 e. The van der Waals surface area contributed by atoms with Crippen molar-refractivity contribution in [1.82, 2.24) is 15.3 Å². The number of rotatable bonds is 5. The highest BCUT2D eigenvalue weighted by molar-refractivity contribution is 9.10. The van der Waals surface area contributed by atoms with Crippen molar-refractivity contribution in [2.45, 2.75) is 6.54 Å². The molecule has 0 aliphatic heterocycles. The molecule has 0 unspecified atom stereocenters. The van der Waals surface area contributed by atoms with E-state index in [0.717, 1.165) is 50.6 Å². The van der Waals surface area contributed by atoms with Gasteiger partial charge in [-0.2, -0.15) is 0 Å². The van der Waals surface area contributed by atoms with Crippen LogP contribution in [-0.4, -0.2) is 23.1 Å². The normalized spacial score (nSPS) is 11.5. The second kappa shape index (κ2) is 7.37. The van der Waals surface area contributed by atoms with Crippen molar-refractivity contribution in [2.75, 3.05) is 13.1 Å². The largest absolute Gasteiger partial charge is 0.360 e. The van der Waals surface area contributed by atoms with E-state index >= 15 is 0 Å². The first-order chi connectivity index (χ1) is 12.7. The summed E-state index contributed by atoms with van der Waals surface area (Å²) >= 11 is 9.76. The highest BCUT2D eigenvalue weighted by Crippen LogP contribution is 2.32. The Morgan fingerprint density at radius 3 is 2.85 bits per heavy atom. The Bertz CT molecular complexity index is 1090. The van der Waals surface area contributed by atoms with Gasteiger partial charge in [0.1, 0.15) is 0 Å². The van der Waals surface area contributed by atoms with Gasteiger partial charge in [-0.1, -0.05) is 33.6 Å². The highest BCUT2D eigenvalue weighted by atomic mass is 79.9. The standard InChI is InChI=1S/C20H18BrClN4/c21-13-1-4-18-16(8-13)17(11-25-18)19-7-12(10-24-6-5-23)15-3-2-14(22)9-20(15)26-19/h1-4,7-9,11,24-25H,5-6,10,23H2. The third-order valence-corrected chi connectivity index (χ3v) is 5.14. The van der Waals surface area contributed by atoms with Gasteiger partial charge < -0.3 is 16.0 Å². The number of H-pyrrole nitrogens is 1. The summed E-state index contributed by atoms with van der Waals surface area (Å²) in [6, 6.07) is 14.2. The van der Waals surface area contributed by atoms with E-state index in [2.05, 4.69) is 44.4 Å². The molecule has 26 heavy (non-hydrogen) atoms. The van der Waals surface area contributed by atoms with Crippen molar-refractivity contribution >= 4 is 49.3 Å². The van der Waals surface area contributed by atoms with Crippen LogP contribution in [0.5, 0.6) is 0 Å². The number of hydrogen-bond donors (Lipinski definition) is 3. The van der Waals surface area contributed by atoms with Crippen LogP contribution in [0.3, 0.4) is 0 Å². The Labute approximate surface area is 164 Å². The lowest BCUT2D eigenvalue weighted by molar-refractivity contribution is 0.697. The van der Waals surface area contributed by atoms with Crippen LogP contribution >= 0.6 is 27.5 Å². The van der Waals surface area contributed by atoms with Crippen LogP contribution in [0.25, 0.3) is 33.1 Å². The third kappa shape index (κ3) is 3.35. The molecule has 4 aromatic rings. The Hall–Kier alpha value is -1.92. The molecule has 0 saturated carbocycles. The number of aromatic amines is 1. The van der Waals surface area contributed by atoms with Crippen LogP contribution in [0, 0.1) is 0 Å². The molecule has 0 fully saturated rings. The lowest BCUT2D eigenvalue weighted by Gasteiger charge is -2.11. The molecule has 4 N–H and O–H groups in total. The number of benzene rings is 2. The Morgan fingerprint density at radius 1 is 1.12 bits per heavy atom. The Kier molecular flexibility index (Phi) is 4.96. The van der Waals surface area contributed by atoms with Gasteiger partial charge in [-0.3, -0.25) is 0 Å². The predicted octanol–water partition coefficient (Wildman–Crippen LogP) is 4.85. The fraction of sp³-hybridized carbons (Fsp3) is 0.150. The van der Waals surface area contributed by atoms with Gasteiger partial charge in [0, 0.05) is 57.2 Å². The maximum atomic E-state index is 6.21. The summed E-state index contributed by atoms with van der Waals surface area (Å²) in [7, 11) is 0. The van der Waals surface area contributed by atoms with Gasteiger partial charge in [0.25, 0.3) is 0 Å². The maximum absolute atomic E-state index is 6.21. The van der Waals surface area contributed by atoms with Gasteiger partial charge in [-0.05, 0) is 42.0 Å². The lowest BCUT2D eigenvalue weighted by atomic mass is 10.0. The fourth-order valence-electron chi connectivity index (χ4n) is 3.19. The first-order valence-electron chi connectivity index (χ1n) is 8.42. The lowest BCUT2D eigenvalue weighted by Crippen LogP contribution is -2.22. The van der Waals surface area contributed by atoms with Crippen molar-refractivity contribution in [3.05, 3.63) is 63.7 Å². The molecular formula is C20H18BrClN4. The number of aromatic nitrogens is 2. The Morgan fingerprint density at radius 2 is 2.00 bits per heavy atom. The maximum Gasteiger partial charge on any atom is 0.0734 e. The zero-order chi connectivity index (χ0) is 18.1. The van der Waals surface area contributed by atoms with Crippen LogP contribution in [0.2, 0.25) is 5.02 Å². The topological polar surface area (TPSA) is 66.7 Å². The second-order valence-corrected chi connectivity index (χ2v) is 7.54. The van der Waals surface area contributed by atoms with Gasteiger partial charge in [0.2, 0.25) is 0 Å². The molecule has 0 amide bonds. The molecule has 0 aliphatic rings. The minimum atomic E-state index is 0.609. The molecule has 0 radical (unpaired) electrons. The van der Waals surface area contributed by atoms with E-state index in [4.69, 9.17) is 22.3 Å². The van der Waals surface area contributed by atoms with Gasteiger partial charge in [0.15, 0.2) is 0 Å². The molecule has 0 bridgehead atoms. The zero-order valence-corrected chi connectivity index (χ0v) is 16.4. The van der Waals surface area contributed by atoms with E-state index in [1.165, 1.54) is 5.56 Å². The number of nitrogens with one attached hydrogen (secondary N) is 2. The molecular weight excluding hydrogens is 412 g/mol. The van der Waals surface area contributed by atoms with E-state index in [9.17, 15) is 0 Å². The van der Waals surface area contributed by atoms with E-state index in [-0.39, 0.29) is 0 Å². The summed E-state index contributed by atoms with van der Waals surface area (Å²) in [5, 5.41) is 6.29. The molecule has 4 rings (SSSR count).